The maximum atomic E-state index is 4.34. The largest absolute Gasteiger partial charge is 0.341 e. The van der Waals surface area contributed by atoms with Crippen molar-refractivity contribution >= 4 is 5.96 Å². The molecule has 0 amide bonds. The summed E-state index contributed by atoms with van der Waals surface area (Å²) >= 11 is 0. The van der Waals surface area contributed by atoms with Crippen LogP contribution in [-0.2, 0) is 0 Å². The van der Waals surface area contributed by atoms with E-state index >= 15 is 0 Å². The zero-order valence-electron chi connectivity index (χ0n) is 8.82. The van der Waals surface area contributed by atoms with Crippen LogP contribution in [0, 0.1) is 0 Å². The fraction of sp³-hybridized carbons (Fsp3) is 0.900. The Labute approximate surface area is 80.4 Å². The maximum Gasteiger partial charge on any atom is 0.196 e. The Balaban J connectivity index is 2.22. The van der Waals surface area contributed by atoms with Crippen LogP contribution >= 0.6 is 0 Å². The molecule has 2 fully saturated rings. The molecule has 2 aliphatic rings. The Morgan fingerprint density at radius 2 is 1.54 bits per heavy atom. The first-order chi connectivity index (χ1) is 6.25. The minimum Gasteiger partial charge on any atom is -0.341 e. The van der Waals surface area contributed by atoms with E-state index in [-0.39, 0.29) is 0 Å². The van der Waals surface area contributed by atoms with Gasteiger partial charge in [0.25, 0.3) is 0 Å². The lowest BCUT2D eigenvalue weighted by molar-refractivity contribution is 0.233. The molecule has 0 radical (unpaired) electrons. The summed E-state index contributed by atoms with van der Waals surface area (Å²) in [7, 11) is 6.24. The molecule has 0 aromatic carbocycles. The standard InChI is InChI=1S/C10H19N3/c1-11-10-12(2)8-6-4-5-7-9(8)13(10)3/h8-9H,4-7H2,1-3H3. The third-order valence-electron chi connectivity index (χ3n) is 3.52. The van der Waals surface area contributed by atoms with E-state index in [1.807, 2.05) is 7.05 Å². The number of aliphatic imine (C=N–C) groups is 1. The molecular weight excluding hydrogens is 162 g/mol. The van der Waals surface area contributed by atoms with Crippen LogP contribution in [0.1, 0.15) is 25.7 Å². The zero-order chi connectivity index (χ0) is 9.42. The summed E-state index contributed by atoms with van der Waals surface area (Å²) in [5.41, 5.74) is 0. The number of fused-ring (bicyclic) bond motifs is 1. The third kappa shape index (κ3) is 1.21. The SMILES string of the molecule is CN=C1N(C)C2CCCCC2N1C. The predicted molar refractivity (Wildman–Crippen MR) is 54.9 cm³/mol. The van der Waals surface area contributed by atoms with Crippen molar-refractivity contribution in [3.63, 3.8) is 0 Å². The van der Waals surface area contributed by atoms with Crippen LogP contribution in [0.15, 0.2) is 4.99 Å². The summed E-state index contributed by atoms with van der Waals surface area (Å²) < 4.78 is 0. The van der Waals surface area contributed by atoms with E-state index in [0.29, 0.717) is 0 Å². The topological polar surface area (TPSA) is 18.8 Å². The number of nitrogens with zero attached hydrogens (tertiary/aromatic N) is 3. The van der Waals surface area contributed by atoms with Crippen molar-refractivity contribution < 1.29 is 0 Å². The minimum atomic E-state index is 0.720. The Hall–Kier alpha value is -0.730. The highest BCUT2D eigenvalue weighted by molar-refractivity contribution is 5.82. The van der Waals surface area contributed by atoms with Crippen LogP contribution in [0.2, 0.25) is 0 Å². The molecule has 1 aliphatic heterocycles. The number of hydrogen-bond acceptors (Lipinski definition) is 1. The molecule has 2 unspecified atom stereocenters. The van der Waals surface area contributed by atoms with E-state index in [0.717, 1.165) is 18.0 Å². The molecule has 1 heterocycles. The van der Waals surface area contributed by atoms with Gasteiger partial charge in [0, 0.05) is 21.1 Å². The van der Waals surface area contributed by atoms with Gasteiger partial charge in [0.2, 0.25) is 0 Å². The molecule has 0 N–H and O–H groups in total. The lowest BCUT2D eigenvalue weighted by Gasteiger charge is -2.29. The minimum absolute atomic E-state index is 0.720. The molecule has 3 nitrogen and oxygen atoms in total. The Morgan fingerprint density at radius 3 is 1.92 bits per heavy atom. The molecule has 1 saturated carbocycles. The van der Waals surface area contributed by atoms with Gasteiger partial charge in [-0.1, -0.05) is 12.8 Å². The summed E-state index contributed by atoms with van der Waals surface area (Å²) in [4.78, 5) is 9.04. The van der Waals surface area contributed by atoms with E-state index in [2.05, 4.69) is 28.9 Å². The van der Waals surface area contributed by atoms with E-state index in [1.165, 1.54) is 25.7 Å². The van der Waals surface area contributed by atoms with Gasteiger partial charge in [0.05, 0.1) is 12.1 Å². The molecule has 1 saturated heterocycles. The second kappa shape index (κ2) is 3.20. The average molecular weight is 181 g/mol. The molecule has 0 aromatic rings. The van der Waals surface area contributed by atoms with Crippen molar-refractivity contribution in [1.82, 2.24) is 9.80 Å². The second-order valence-corrected chi connectivity index (χ2v) is 4.16. The molecular formula is C10H19N3. The van der Waals surface area contributed by atoms with Crippen LogP contribution in [-0.4, -0.2) is 49.0 Å². The maximum absolute atomic E-state index is 4.34. The number of likely N-dealkylation sites (N-methyl/N-ethyl adjacent to an activating group) is 2. The van der Waals surface area contributed by atoms with E-state index < -0.39 is 0 Å². The molecule has 1 aliphatic carbocycles. The summed E-state index contributed by atoms with van der Waals surface area (Å²) in [6, 6.07) is 1.44. The van der Waals surface area contributed by atoms with Crippen LogP contribution < -0.4 is 0 Å². The van der Waals surface area contributed by atoms with E-state index in [4.69, 9.17) is 0 Å². The number of hydrogen-bond donors (Lipinski definition) is 0. The third-order valence-corrected chi connectivity index (χ3v) is 3.52. The summed E-state index contributed by atoms with van der Waals surface area (Å²) in [6.07, 6.45) is 5.45. The highest BCUT2D eigenvalue weighted by Gasteiger charge is 2.40. The predicted octanol–water partition coefficient (Wildman–Crippen LogP) is 1.16. The van der Waals surface area contributed by atoms with Crippen molar-refractivity contribution in [3.05, 3.63) is 0 Å². The molecule has 0 aromatic heterocycles. The van der Waals surface area contributed by atoms with Gasteiger partial charge in [0.1, 0.15) is 0 Å². The average Bonchev–Trinajstić information content (AvgIpc) is 2.41. The number of guanidine groups is 1. The molecule has 2 atom stereocenters. The zero-order valence-corrected chi connectivity index (χ0v) is 8.82. The van der Waals surface area contributed by atoms with Crippen LogP contribution in [0.3, 0.4) is 0 Å². The first kappa shape index (κ1) is 8.85. The van der Waals surface area contributed by atoms with Crippen molar-refractivity contribution in [2.24, 2.45) is 4.99 Å². The lowest BCUT2D eigenvalue weighted by atomic mass is 9.91. The molecule has 13 heavy (non-hydrogen) atoms. The van der Waals surface area contributed by atoms with Gasteiger partial charge < -0.3 is 9.80 Å². The van der Waals surface area contributed by atoms with Crippen LogP contribution in [0.4, 0.5) is 0 Å². The highest BCUT2D eigenvalue weighted by Crippen LogP contribution is 2.31. The molecule has 0 spiro atoms. The van der Waals surface area contributed by atoms with Gasteiger partial charge in [-0.25, -0.2) is 0 Å². The van der Waals surface area contributed by atoms with E-state index in [9.17, 15) is 0 Å². The van der Waals surface area contributed by atoms with Crippen molar-refractivity contribution in [2.75, 3.05) is 21.1 Å². The van der Waals surface area contributed by atoms with Gasteiger partial charge >= 0.3 is 0 Å². The highest BCUT2D eigenvalue weighted by atomic mass is 15.4. The monoisotopic (exact) mass is 181 g/mol. The first-order valence-corrected chi connectivity index (χ1v) is 5.18. The molecule has 3 heteroatoms. The first-order valence-electron chi connectivity index (χ1n) is 5.18. The fourth-order valence-corrected chi connectivity index (χ4v) is 2.86. The van der Waals surface area contributed by atoms with Gasteiger partial charge in [-0.2, -0.15) is 0 Å². The van der Waals surface area contributed by atoms with Crippen LogP contribution in [0.5, 0.6) is 0 Å². The quantitative estimate of drug-likeness (QED) is 0.558. The van der Waals surface area contributed by atoms with Gasteiger partial charge in [-0.15, -0.1) is 0 Å². The van der Waals surface area contributed by atoms with Gasteiger partial charge in [-0.3, -0.25) is 4.99 Å². The summed E-state index contributed by atoms with van der Waals surface area (Å²) in [6.45, 7) is 0. The molecule has 2 rings (SSSR count). The second-order valence-electron chi connectivity index (χ2n) is 4.16. The lowest BCUT2D eigenvalue weighted by Crippen LogP contribution is -2.37. The molecule has 0 bridgehead atoms. The Bertz CT molecular complexity index is 204. The van der Waals surface area contributed by atoms with Crippen molar-refractivity contribution in [3.8, 4) is 0 Å². The summed E-state index contributed by atoms with van der Waals surface area (Å²) in [5.74, 6) is 1.16. The Kier molecular flexibility index (Phi) is 2.18. The van der Waals surface area contributed by atoms with Crippen LogP contribution in [0.25, 0.3) is 0 Å². The van der Waals surface area contributed by atoms with Gasteiger partial charge in [-0.05, 0) is 12.8 Å². The smallest absolute Gasteiger partial charge is 0.196 e. The summed E-state index contributed by atoms with van der Waals surface area (Å²) in [5, 5.41) is 0. The Morgan fingerprint density at radius 1 is 1.08 bits per heavy atom. The number of rotatable bonds is 0. The fourth-order valence-electron chi connectivity index (χ4n) is 2.86. The molecule has 74 valence electrons. The van der Waals surface area contributed by atoms with Crippen molar-refractivity contribution in [1.29, 1.82) is 0 Å². The normalized spacial score (nSPS) is 33.6. The van der Waals surface area contributed by atoms with Gasteiger partial charge in [0.15, 0.2) is 5.96 Å². The van der Waals surface area contributed by atoms with E-state index in [1.54, 1.807) is 0 Å². The van der Waals surface area contributed by atoms with Crippen molar-refractivity contribution in [2.45, 2.75) is 37.8 Å².